The zero-order valence-electron chi connectivity index (χ0n) is 16.2. The summed E-state index contributed by atoms with van der Waals surface area (Å²) in [6.45, 7) is 2.65. The minimum absolute atomic E-state index is 0.186. The minimum atomic E-state index is -0.240. The van der Waals surface area contributed by atoms with Gasteiger partial charge in [-0.05, 0) is 23.8 Å². The Morgan fingerprint density at radius 1 is 0.900 bits per heavy atom. The van der Waals surface area contributed by atoms with E-state index in [9.17, 15) is 9.59 Å². The zero-order valence-corrected chi connectivity index (χ0v) is 17.7. The average Bonchev–Trinajstić information content (AvgIpc) is 2.77. The number of amides is 1. The molecule has 1 aromatic heterocycles. The molecule has 2 aromatic carbocycles. The zero-order chi connectivity index (χ0) is 21.1. The van der Waals surface area contributed by atoms with Crippen molar-refractivity contribution in [2.75, 3.05) is 31.1 Å². The molecule has 3 aromatic rings. The molecule has 0 saturated carbocycles. The normalized spacial score (nSPS) is 14.1. The maximum atomic E-state index is 13.0. The SMILES string of the molecule is O=C(c1ccc(=O)n(Cc2ccccc2)n1)N1CCN(c2cccc(Cl)c2Cl)CC1. The first-order valence-electron chi connectivity index (χ1n) is 9.63. The Morgan fingerprint density at radius 3 is 2.37 bits per heavy atom. The Bertz CT molecular complexity index is 1110. The van der Waals surface area contributed by atoms with E-state index < -0.39 is 0 Å². The molecule has 8 heteroatoms. The molecule has 154 valence electrons. The van der Waals surface area contributed by atoms with E-state index in [-0.39, 0.29) is 17.2 Å². The van der Waals surface area contributed by atoms with Gasteiger partial charge >= 0.3 is 0 Å². The lowest BCUT2D eigenvalue weighted by molar-refractivity contribution is 0.0738. The molecule has 1 fully saturated rings. The van der Waals surface area contributed by atoms with Gasteiger partial charge < -0.3 is 9.80 Å². The first-order valence-corrected chi connectivity index (χ1v) is 10.4. The number of aromatic nitrogens is 2. The molecule has 1 saturated heterocycles. The van der Waals surface area contributed by atoms with Crippen LogP contribution >= 0.6 is 23.2 Å². The Labute approximate surface area is 184 Å². The Kier molecular flexibility index (Phi) is 6.06. The number of carbonyl (C=O) groups excluding carboxylic acids is 1. The molecule has 1 amide bonds. The van der Waals surface area contributed by atoms with Crippen LogP contribution in [-0.4, -0.2) is 46.8 Å². The van der Waals surface area contributed by atoms with E-state index in [0.29, 0.717) is 42.8 Å². The summed E-state index contributed by atoms with van der Waals surface area (Å²) >= 11 is 12.4. The van der Waals surface area contributed by atoms with Crippen LogP contribution in [0.5, 0.6) is 0 Å². The first kappa shape index (κ1) is 20.4. The molecule has 1 aliphatic rings. The highest BCUT2D eigenvalue weighted by atomic mass is 35.5. The monoisotopic (exact) mass is 442 g/mol. The number of hydrogen-bond acceptors (Lipinski definition) is 4. The number of nitrogens with zero attached hydrogens (tertiary/aromatic N) is 4. The van der Waals surface area contributed by atoms with Crippen molar-refractivity contribution in [1.82, 2.24) is 14.7 Å². The molecule has 0 bridgehead atoms. The Morgan fingerprint density at radius 2 is 1.63 bits per heavy atom. The second-order valence-electron chi connectivity index (χ2n) is 7.05. The predicted molar refractivity (Wildman–Crippen MR) is 119 cm³/mol. The van der Waals surface area contributed by atoms with Gasteiger partial charge in [-0.2, -0.15) is 5.10 Å². The molecule has 0 radical (unpaired) electrons. The van der Waals surface area contributed by atoms with E-state index in [1.165, 1.54) is 16.8 Å². The van der Waals surface area contributed by atoms with Crippen LogP contribution in [0.2, 0.25) is 10.0 Å². The molecule has 2 heterocycles. The fraction of sp³-hybridized carbons (Fsp3) is 0.227. The molecule has 0 N–H and O–H groups in total. The van der Waals surface area contributed by atoms with Crippen LogP contribution in [0.4, 0.5) is 5.69 Å². The third-order valence-corrected chi connectivity index (χ3v) is 5.91. The van der Waals surface area contributed by atoms with Crippen molar-refractivity contribution in [2.24, 2.45) is 0 Å². The number of piperazine rings is 1. The van der Waals surface area contributed by atoms with Crippen molar-refractivity contribution < 1.29 is 4.79 Å². The van der Waals surface area contributed by atoms with Gasteiger partial charge in [0.2, 0.25) is 0 Å². The van der Waals surface area contributed by atoms with Gasteiger partial charge in [0, 0.05) is 32.2 Å². The highest BCUT2D eigenvalue weighted by molar-refractivity contribution is 6.43. The van der Waals surface area contributed by atoms with E-state index in [2.05, 4.69) is 10.00 Å². The standard InChI is InChI=1S/C22H20Cl2N4O2/c23-17-7-4-8-19(21(17)24)26-11-13-27(14-12-26)22(30)18-9-10-20(29)28(25-18)15-16-5-2-1-3-6-16/h1-10H,11-15H2. The molecule has 1 aliphatic heterocycles. The summed E-state index contributed by atoms with van der Waals surface area (Å²) in [6.07, 6.45) is 0. The lowest BCUT2D eigenvalue weighted by Crippen LogP contribution is -2.49. The number of halogens is 2. The van der Waals surface area contributed by atoms with E-state index in [4.69, 9.17) is 23.2 Å². The van der Waals surface area contributed by atoms with Crippen LogP contribution in [0.3, 0.4) is 0 Å². The van der Waals surface area contributed by atoms with Crippen molar-refractivity contribution >= 4 is 34.8 Å². The molecule has 0 aliphatic carbocycles. The second kappa shape index (κ2) is 8.90. The number of carbonyl (C=O) groups is 1. The van der Waals surface area contributed by atoms with E-state index in [0.717, 1.165) is 11.3 Å². The van der Waals surface area contributed by atoms with Crippen LogP contribution in [-0.2, 0) is 6.54 Å². The summed E-state index contributed by atoms with van der Waals surface area (Å²) in [6, 6.07) is 18.0. The quantitative estimate of drug-likeness (QED) is 0.619. The molecule has 0 unspecified atom stereocenters. The Balaban J connectivity index is 1.46. The van der Waals surface area contributed by atoms with Gasteiger partial charge in [-0.1, -0.05) is 59.6 Å². The predicted octanol–water partition coefficient (Wildman–Crippen LogP) is 3.56. The summed E-state index contributed by atoms with van der Waals surface area (Å²) in [7, 11) is 0. The molecule has 30 heavy (non-hydrogen) atoms. The van der Waals surface area contributed by atoms with Crippen LogP contribution in [0.1, 0.15) is 16.1 Å². The minimum Gasteiger partial charge on any atom is -0.367 e. The number of benzene rings is 2. The van der Waals surface area contributed by atoms with Crippen LogP contribution in [0.25, 0.3) is 0 Å². The van der Waals surface area contributed by atoms with Crippen molar-refractivity contribution in [3.05, 3.63) is 92.3 Å². The van der Waals surface area contributed by atoms with Crippen molar-refractivity contribution in [2.45, 2.75) is 6.54 Å². The van der Waals surface area contributed by atoms with Gasteiger partial charge in [0.15, 0.2) is 0 Å². The number of rotatable bonds is 4. The van der Waals surface area contributed by atoms with E-state index >= 15 is 0 Å². The number of hydrogen-bond donors (Lipinski definition) is 0. The van der Waals surface area contributed by atoms with Crippen molar-refractivity contribution in [3.63, 3.8) is 0 Å². The first-order chi connectivity index (χ1) is 14.5. The van der Waals surface area contributed by atoms with Crippen LogP contribution in [0, 0.1) is 0 Å². The molecular weight excluding hydrogens is 423 g/mol. The van der Waals surface area contributed by atoms with Crippen molar-refractivity contribution in [1.29, 1.82) is 0 Å². The smallest absolute Gasteiger partial charge is 0.274 e. The lowest BCUT2D eigenvalue weighted by atomic mass is 10.2. The van der Waals surface area contributed by atoms with E-state index in [1.807, 2.05) is 42.5 Å². The summed E-state index contributed by atoms with van der Waals surface area (Å²) in [4.78, 5) is 29.0. The molecule has 0 spiro atoms. The second-order valence-corrected chi connectivity index (χ2v) is 7.84. The fourth-order valence-corrected chi connectivity index (χ4v) is 3.90. The van der Waals surface area contributed by atoms with Gasteiger partial charge in [0.05, 0.1) is 22.3 Å². The van der Waals surface area contributed by atoms with Gasteiger partial charge in [0.25, 0.3) is 11.5 Å². The maximum Gasteiger partial charge on any atom is 0.274 e. The highest BCUT2D eigenvalue weighted by Crippen LogP contribution is 2.32. The molecule has 4 rings (SSSR count). The lowest BCUT2D eigenvalue weighted by Gasteiger charge is -2.36. The van der Waals surface area contributed by atoms with Gasteiger partial charge in [0.1, 0.15) is 5.69 Å². The maximum absolute atomic E-state index is 13.0. The fourth-order valence-electron chi connectivity index (χ4n) is 3.48. The summed E-state index contributed by atoms with van der Waals surface area (Å²) < 4.78 is 1.32. The van der Waals surface area contributed by atoms with E-state index in [1.54, 1.807) is 11.0 Å². The number of anilines is 1. The third kappa shape index (κ3) is 4.35. The third-order valence-electron chi connectivity index (χ3n) is 5.10. The van der Waals surface area contributed by atoms with Gasteiger partial charge in [-0.25, -0.2) is 4.68 Å². The van der Waals surface area contributed by atoms with Crippen LogP contribution < -0.4 is 10.5 Å². The van der Waals surface area contributed by atoms with Gasteiger partial charge in [-0.3, -0.25) is 9.59 Å². The van der Waals surface area contributed by atoms with Crippen LogP contribution in [0.15, 0.2) is 65.5 Å². The topological polar surface area (TPSA) is 58.4 Å². The van der Waals surface area contributed by atoms with Crippen molar-refractivity contribution in [3.8, 4) is 0 Å². The summed E-state index contributed by atoms with van der Waals surface area (Å²) in [5, 5.41) is 5.34. The Hall–Kier alpha value is -2.83. The van der Waals surface area contributed by atoms with Gasteiger partial charge in [-0.15, -0.1) is 0 Å². The average molecular weight is 443 g/mol. The summed E-state index contributed by atoms with van der Waals surface area (Å²) in [5.41, 5.74) is 1.84. The summed E-state index contributed by atoms with van der Waals surface area (Å²) in [5.74, 6) is -0.186. The largest absolute Gasteiger partial charge is 0.367 e. The molecule has 6 nitrogen and oxygen atoms in total. The highest BCUT2D eigenvalue weighted by Gasteiger charge is 2.25. The molecule has 0 atom stereocenters. The molecular formula is C22H20Cl2N4O2.